The van der Waals surface area contributed by atoms with Gasteiger partial charge in [-0.1, -0.05) is 57.0 Å². The van der Waals surface area contributed by atoms with Gasteiger partial charge >= 0.3 is 6.03 Å². The van der Waals surface area contributed by atoms with E-state index in [1.165, 1.54) is 41.5 Å². The number of urea groups is 1. The van der Waals surface area contributed by atoms with Gasteiger partial charge in [0.05, 0.1) is 88.3 Å². The van der Waals surface area contributed by atoms with Crippen LogP contribution in [0.5, 0.6) is 0 Å². The summed E-state index contributed by atoms with van der Waals surface area (Å²) in [6.45, 7) is 36.6. The van der Waals surface area contributed by atoms with Crippen molar-refractivity contribution in [1.82, 2.24) is 77.1 Å². The van der Waals surface area contributed by atoms with Crippen molar-refractivity contribution < 1.29 is 128 Å². The van der Waals surface area contributed by atoms with Crippen molar-refractivity contribution in [2.24, 2.45) is 20.0 Å². The molecule has 13 heterocycles. The maximum absolute atomic E-state index is 14.3. The molecule has 6 amide bonds. The summed E-state index contributed by atoms with van der Waals surface area (Å²) in [5, 5.41) is 52.8. The van der Waals surface area contributed by atoms with E-state index in [4.69, 9.17) is 23.7 Å². The van der Waals surface area contributed by atoms with E-state index in [2.05, 4.69) is 67.6 Å². The first-order valence-electron chi connectivity index (χ1n) is 48.0. The first-order chi connectivity index (χ1) is 70.0. The number of piperazine rings is 3. The van der Waals surface area contributed by atoms with E-state index in [0.717, 1.165) is 78.4 Å². The number of ether oxygens (including phenoxy) is 5. The molecule has 4 aromatic rings. The number of likely N-dealkylation sites (N-methyl/N-ethyl adjacent to an activating group) is 1. The third-order valence-electron chi connectivity index (χ3n) is 26.9. The molecule has 0 aromatic heterocycles. The third kappa shape index (κ3) is 24.5. The van der Waals surface area contributed by atoms with Gasteiger partial charge in [0.25, 0.3) is 23.6 Å². The van der Waals surface area contributed by atoms with Gasteiger partial charge < -0.3 is 99.7 Å². The van der Waals surface area contributed by atoms with Crippen molar-refractivity contribution in [3.05, 3.63) is 213 Å². The Morgan fingerprint density at radius 2 is 0.570 bits per heavy atom. The molecule has 0 radical (unpaired) electrons. The lowest BCUT2D eigenvalue weighted by atomic mass is 10.0. The van der Waals surface area contributed by atoms with Crippen molar-refractivity contribution in [2.75, 3.05) is 184 Å². The first kappa shape index (κ1) is 113. The number of aliphatic hydroxyl groups is 4. The number of halogens is 4. The van der Waals surface area contributed by atoms with Crippen molar-refractivity contribution >= 4 is 103 Å². The molecule has 9 fully saturated rings. The van der Waals surface area contributed by atoms with Crippen molar-refractivity contribution in [3.8, 4) is 0 Å². The number of carbonyl (C=O) groups excluding carboxylic acids is 5. The molecule has 0 spiro atoms. The van der Waals surface area contributed by atoms with Crippen molar-refractivity contribution in [1.29, 1.82) is 0 Å². The Labute approximate surface area is 862 Å². The molecule has 810 valence electrons. The topological polar surface area (TPSA) is 520 Å². The van der Waals surface area contributed by atoms with Crippen LogP contribution in [0.2, 0.25) is 0 Å². The number of nitrogens with one attached hydrogen (secondary N) is 4. The van der Waals surface area contributed by atoms with Gasteiger partial charge in [-0.15, -0.1) is 0 Å². The predicted molar refractivity (Wildman–Crippen MR) is 537 cm³/mol. The maximum atomic E-state index is 14.3. The number of hydrogen-bond acceptors (Lipinski definition) is 33. The number of carbonyl (C=O) groups is 5. The highest BCUT2D eigenvalue weighted by molar-refractivity contribution is 7.90. The van der Waals surface area contributed by atoms with E-state index >= 15 is 0 Å². The summed E-state index contributed by atoms with van der Waals surface area (Å²) >= 11 is 0. The molecule has 53 heteroatoms. The number of fused-ring (bicyclic) bond motifs is 4. The number of piperidine rings is 1. The zero-order chi connectivity index (χ0) is 108. The fourth-order valence-electron chi connectivity index (χ4n) is 18.4. The van der Waals surface area contributed by atoms with Crippen LogP contribution in [0.4, 0.5) is 22.4 Å². The molecular weight excluding hydrogens is 2050 g/mol. The summed E-state index contributed by atoms with van der Waals surface area (Å²) in [5.74, 6) is -5.73. The molecule has 4 aromatic carbocycles. The van der Waals surface area contributed by atoms with Gasteiger partial charge in [-0.3, -0.25) is 19.2 Å². The monoisotopic (exact) mass is 2180 g/mol. The molecule has 0 unspecified atom stereocenters. The van der Waals surface area contributed by atoms with Crippen LogP contribution in [0.25, 0.3) is 0 Å². The number of benzene rings is 4. The number of sulfonamides is 5. The number of rotatable bonds is 21. The Morgan fingerprint density at radius 1 is 0.336 bits per heavy atom. The molecule has 149 heavy (non-hydrogen) atoms. The van der Waals surface area contributed by atoms with Gasteiger partial charge in [0.15, 0.2) is 45.8 Å². The second kappa shape index (κ2) is 44.9. The highest BCUT2D eigenvalue weighted by atomic mass is 32.2. The number of nitrogens with zero attached hydrogens (tertiary/aromatic N) is 16. The second-order valence-electron chi connectivity index (χ2n) is 38.6. The van der Waals surface area contributed by atoms with Gasteiger partial charge in [-0.2, -0.15) is 21.5 Å². The van der Waals surface area contributed by atoms with E-state index in [0.29, 0.717) is 128 Å². The van der Waals surface area contributed by atoms with Crippen LogP contribution in [-0.2, 0) is 119 Å². The lowest BCUT2D eigenvalue weighted by Gasteiger charge is -2.43. The SMILES string of the molecule is C=C1C(O)=C(C(=O)NCc2ccc(F)cc2S(=O)(=O)N2CCCCC2)N=C2N1CCOC2(C)C.C=C1C(O)=C(C(=O)NCc2ccc(F)cc2S(=O)(=O)N2CCN(C(=O)N3CCOCC3)CC2)N=C2N1CCOC2(C)C.C=C1C(O)=C(C(=O)NCc2ccc(F)cc2S(=O)(=O)N2CCN(C)CC2)N=C2N1CCOC2(C)C.C=C1C(O)=C(C(=O)NCc2ccc(F)cc2S(=O)(=O)N2CCN(S(C)(=O)=O)CC2)N=C2N1CCOC2(C)C. The van der Waals surface area contributed by atoms with Crippen molar-refractivity contribution in [3.63, 3.8) is 0 Å². The summed E-state index contributed by atoms with van der Waals surface area (Å²) in [4.78, 5) is 93.4. The largest absolute Gasteiger partial charge is 0.504 e. The average molecular weight is 2180 g/mol. The zero-order valence-corrected chi connectivity index (χ0v) is 88.3. The fourth-order valence-corrected chi connectivity index (χ4v) is 26.0. The molecule has 44 nitrogen and oxygen atoms in total. The predicted octanol–water partition coefficient (Wildman–Crippen LogP) is 5.13. The van der Waals surface area contributed by atoms with Crippen LogP contribution in [0.1, 0.15) is 96.9 Å². The van der Waals surface area contributed by atoms with E-state index < -0.39 is 131 Å². The van der Waals surface area contributed by atoms with Crippen LogP contribution in [0.3, 0.4) is 0 Å². The molecule has 0 saturated carbocycles. The van der Waals surface area contributed by atoms with Crippen molar-refractivity contribution in [2.45, 2.75) is 143 Å². The van der Waals surface area contributed by atoms with E-state index in [9.17, 15) is 104 Å². The Hall–Kier alpha value is -11.9. The van der Waals surface area contributed by atoms with Crippen LogP contribution in [0.15, 0.2) is 207 Å². The molecule has 0 atom stereocenters. The number of aliphatic hydroxyl groups excluding tert-OH is 4. The Kier molecular flexibility index (Phi) is 34.0. The quantitative estimate of drug-likeness (QED) is 0.0501. The summed E-state index contributed by atoms with van der Waals surface area (Å²) in [6.07, 6.45) is 3.48. The summed E-state index contributed by atoms with van der Waals surface area (Å²) in [7, 11) is -17.8. The van der Waals surface area contributed by atoms with E-state index in [-0.39, 0.29) is 197 Å². The maximum Gasteiger partial charge on any atom is 0.320 e. The third-order valence-corrected chi connectivity index (χ3v) is 36.1. The molecule has 17 rings (SSSR count). The minimum absolute atomic E-state index is 0.0335. The van der Waals surface area contributed by atoms with Crippen LogP contribution in [0, 0.1) is 23.3 Å². The standard InChI is InChI=1S/C27H35FN6O7S.C23H30FN5O7S2.C23H30FN5O5S.C23H29FN4O5S/c1-18-23(35)22(30-25-27(2,3)41-15-12-34(18)25)24(36)29-17-19-4-5-20(28)16-21(19)42(38,39)33-8-6-31(7-9-33)26(37)32-10-13-40-14-11-32;1-15-20(30)19(26-22-23(2,3)36-12-11-29(15)22)21(31)25-14-16-5-6-17(24)13-18(16)38(34,35)28-9-7-27(8-10-28)37(4,32)33;1-15-20(30)19(26-22-23(2,3)34-12-11-29(15)22)21(31)25-14-16-5-6-17(24)13-18(16)35(32,33)28-9-7-27(4)8-10-28;1-15-20(29)19(26-22-23(2,3)33-12-11-28(15)22)21(30)25-14-16-7-8-17(24)13-18(16)34(31,32)27-9-5-4-6-10-27/h4-5,16,35H,1,6-15,17H2,2-3H3,(H,29,36);5-6,13,30H,1,7-12,14H2,2-4H3,(H,25,31);5-6,13,30H,1,7-12,14H2,2-4H3,(H,25,31);7-8,13,29H,1,4-6,9-12,14H2,2-3H3,(H,25,30). The minimum Gasteiger partial charge on any atom is -0.504 e. The van der Waals surface area contributed by atoms with Crippen LogP contribution >= 0.6 is 0 Å². The number of amidine groups is 4. The normalized spacial score (nSPS) is 21.4. The van der Waals surface area contributed by atoms with E-state index in [1.54, 1.807) is 84.8 Å². The fraction of sp³-hybridized carbons (Fsp3) is 0.490. The highest BCUT2D eigenvalue weighted by Crippen LogP contribution is 2.39. The van der Waals surface area contributed by atoms with Gasteiger partial charge in [0, 0.05) is 157 Å². The van der Waals surface area contributed by atoms with Crippen LogP contribution < -0.4 is 21.3 Å². The summed E-state index contributed by atoms with van der Waals surface area (Å²) in [5.41, 5.74) is -2.73. The number of aliphatic imine (C=N–C) groups is 4. The summed E-state index contributed by atoms with van der Waals surface area (Å²) < 4.78 is 221. The van der Waals surface area contributed by atoms with E-state index in [1.807, 2.05) is 11.9 Å². The number of morpholine rings is 5. The Bertz CT molecular complexity index is 6920. The smallest absolute Gasteiger partial charge is 0.320 e. The average Bonchev–Trinajstić information content (AvgIpc) is 0.757. The lowest BCUT2D eigenvalue weighted by Crippen LogP contribution is -2.55. The molecule has 13 aliphatic rings. The molecule has 0 aliphatic carbocycles. The van der Waals surface area contributed by atoms with Gasteiger partial charge in [0.1, 0.15) is 69.0 Å². The second-order valence-corrected chi connectivity index (χ2v) is 48.2. The molecule has 8 N–H and O–H groups in total. The van der Waals surface area contributed by atoms with Crippen LogP contribution in [-0.4, -0.2) is 378 Å². The minimum atomic E-state index is -4.21. The highest BCUT2D eigenvalue weighted by Gasteiger charge is 2.48. The van der Waals surface area contributed by atoms with Gasteiger partial charge in [0.2, 0.25) is 50.1 Å². The van der Waals surface area contributed by atoms with Gasteiger partial charge in [-0.25, -0.2) is 84.4 Å². The Morgan fingerprint density at radius 3 is 0.832 bits per heavy atom. The lowest BCUT2D eigenvalue weighted by molar-refractivity contribution is -0.118. The number of amides is 6. The molecular formula is C96H124F4N20O24S5. The summed E-state index contributed by atoms with van der Waals surface area (Å²) in [6, 6.07) is 13.2. The van der Waals surface area contributed by atoms with Gasteiger partial charge in [-0.05, 0) is 146 Å². The molecule has 13 aliphatic heterocycles. The zero-order valence-electron chi connectivity index (χ0n) is 84.3. The Balaban J connectivity index is 0.000000157. The first-order valence-corrected chi connectivity index (χ1v) is 55.6. The molecule has 9 saturated heterocycles. The molecule has 0 bridgehead atoms. The number of hydrogen-bond donors (Lipinski definition) is 8.